The minimum atomic E-state index is -5.01. The third-order valence-corrected chi connectivity index (χ3v) is 3.47. The van der Waals surface area contributed by atoms with Gasteiger partial charge in [0.15, 0.2) is 5.71 Å². The van der Waals surface area contributed by atoms with Crippen molar-refractivity contribution < 1.29 is 22.7 Å². The number of alkyl halides is 3. The van der Waals surface area contributed by atoms with E-state index in [1.165, 1.54) is 13.1 Å². The van der Waals surface area contributed by atoms with Gasteiger partial charge in [-0.3, -0.25) is 10.2 Å². The van der Waals surface area contributed by atoms with Gasteiger partial charge in [-0.05, 0) is 32.9 Å². The Morgan fingerprint density at radius 1 is 1.32 bits per heavy atom. The Hall–Kier alpha value is -2.22. The second-order valence-corrected chi connectivity index (χ2v) is 5.74. The average Bonchev–Trinajstić information content (AvgIpc) is 2.49. The highest BCUT2D eigenvalue weighted by atomic mass is 35.5. The van der Waals surface area contributed by atoms with Crippen LogP contribution < -0.4 is 15.4 Å². The Bertz CT molecular complexity index is 700. The van der Waals surface area contributed by atoms with E-state index in [1.807, 2.05) is 13.8 Å². The summed E-state index contributed by atoms with van der Waals surface area (Å²) in [6.07, 6.45) is -5.13. The minimum absolute atomic E-state index is 0.114. The van der Waals surface area contributed by atoms with Gasteiger partial charge in [-0.15, -0.1) is 0 Å². The number of carbonyl (C=O) groups excluding carboxylic acids is 1. The molecule has 0 bridgehead atoms. The van der Waals surface area contributed by atoms with Crippen LogP contribution in [0.15, 0.2) is 28.9 Å². The molecule has 3 N–H and O–H groups in total. The molecule has 1 aromatic carbocycles. The van der Waals surface area contributed by atoms with Crippen molar-refractivity contribution in [2.45, 2.75) is 33.1 Å². The Labute approximate surface area is 148 Å². The highest BCUT2D eigenvalue weighted by Crippen LogP contribution is 2.28. The van der Waals surface area contributed by atoms with Crippen molar-refractivity contribution in [3.8, 4) is 5.75 Å². The van der Waals surface area contributed by atoms with Gasteiger partial charge in [0.05, 0.1) is 6.10 Å². The number of ether oxygens (including phenoxy) is 1. The molecule has 0 aliphatic heterocycles. The molecule has 0 aromatic heterocycles. The van der Waals surface area contributed by atoms with Crippen LogP contribution in [0.25, 0.3) is 0 Å². The number of halogens is 4. The summed E-state index contributed by atoms with van der Waals surface area (Å²) >= 11 is 5.68. The molecular weight excluding hydrogens is 359 g/mol. The van der Waals surface area contributed by atoms with Crippen LogP contribution in [0, 0.1) is 12.3 Å². The first-order chi connectivity index (χ1) is 11.5. The van der Waals surface area contributed by atoms with E-state index in [-0.39, 0.29) is 11.8 Å². The molecule has 0 spiro atoms. The third-order valence-electron chi connectivity index (χ3n) is 3.09. The lowest BCUT2D eigenvalue weighted by atomic mass is 10.1. The first kappa shape index (κ1) is 20.8. The number of rotatable bonds is 6. The molecule has 0 heterocycles. The van der Waals surface area contributed by atoms with Gasteiger partial charge in [0.1, 0.15) is 16.5 Å². The Morgan fingerprint density at radius 2 is 1.92 bits per heavy atom. The van der Waals surface area contributed by atoms with Crippen LogP contribution in [0.3, 0.4) is 0 Å². The fraction of sp³-hybridized carbons (Fsp3) is 0.375. The summed E-state index contributed by atoms with van der Waals surface area (Å²) < 4.78 is 44.1. The fourth-order valence-electron chi connectivity index (χ4n) is 1.91. The minimum Gasteiger partial charge on any atom is -0.491 e. The largest absolute Gasteiger partial charge is 0.491 e. The lowest BCUT2D eigenvalue weighted by Crippen LogP contribution is -2.33. The normalized spacial score (nSPS) is 12.5. The molecule has 9 heteroatoms. The van der Waals surface area contributed by atoms with E-state index >= 15 is 0 Å². The Balaban J connectivity index is 3.21. The van der Waals surface area contributed by atoms with Gasteiger partial charge in [0, 0.05) is 18.3 Å². The highest BCUT2D eigenvalue weighted by Gasteiger charge is 2.40. The van der Waals surface area contributed by atoms with Crippen LogP contribution in [-0.4, -0.2) is 30.9 Å². The van der Waals surface area contributed by atoms with Gasteiger partial charge in [0.2, 0.25) is 0 Å². The molecule has 1 rings (SSSR count). The van der Waals surface area contributed by atoms with Crippen LogP contribution in [0.2, 0.25) is 0 Å². The van der Waals surface area contributed by atoms with Gasteiger partial charge in [-0.2, -0.15) is 13.2 Å². The molecular formula is C16H19ClF3N3O2. The van der Waals surface area contributed by atoms with Gasteiger partial charge in [0.25, 0.3) is 5.91 Å². The highest BCUT2D eigenvalue weighted by molar-refractivity contribution is 6.38. The topological polar surface area (TPSA) is 74.2 Å². The van der Waals surface area contributed by atoms with Gasteiger partial charge in [-0.1, -0.05) is 17.7 Å². The second kappa shape index (κ2) is 8.24. The quantitative estimate of drug-likeness (QED) is 0.399. The first-order valence-electron chi connectivity index (χ1n) is 7.30. The molecule has 0 aliphatic rings. The van der Waals surface area contributed by atoms with E-state index in [0.717, 1.165) is 0 Å². The summed E-state index contributed by atoms with van der Waals surface area (Å²) in [4.78, 5) is 12.3. The number of benzene rings is 1. The lowest BCUT2D eigenvalue weighted by molar-refractivity contribution is -0.113. The van der Waals surface area contributed by atoms with Crippen LogP contribution >= 0.6 is 11.6 Å². The number of carbonyl (C=O) groups is 1. The summed E-state index contributed by atoms with van der Waals surface area (Å²) in [5, 5.41) is 11.3. The maximum Gasteiger partial charge on any atom is 0.433 e. The molecule has 1 aromatic rings. The van der Waals surface area contributed by atoms with Crippen LogP contribution in [0.1, 0.15) is 19.4 Å². The van der Waals surface area contributed by atoms with Crippen LogP contribution in [0.4, 0.5) is 18.9 Å². The lowest BCUT2D eigenvalue weighted by Gasteiger charge is -2.17. The summed E-state index contributed by atoms with van der Waals surface area (Å²) in [7, 11) is 1.25. The van der Waals surface area contributed by atoms with Crippen molar-refractivity contribution in [2.24, 2.45) is 0 Å². The standard InChI is InChI=1S/C16H19ClF3N3O2/c1-8(2)25-11-7-5-6-10(9(11)3)23-15(24)12(14(17)22-4)13(21)16(18,19)20/h5-8,21-22H,1-4H3,(H,23,24)/b14-12+,21-13?. The van der Waals surface area contributed by atoms with Crippen molar-refractivity contribution >= 4 is 28.9 Å². The average molecular weight is 378 g/mol. The maximum atomic E-state index is 12.8. The summed E-state index contributed by atoms with van der Waals surface area (Å²) in [6.45, 7) is 5.30. The Morgan fingerprint density at radius 3 is 2.40 bits per heavy atom. The molecule has 25 heavy (non-hydrogen) atoms. The first-order valence-corrected chi connectivity index (χ1v) is 7.68. The molecule has 5 nitrogen and oxygen atoms in total. The van der Waals surface area contributed by atoms with E-state index in [2.05, 4.69) is 10.6 Å². The molecule has 0 fully saturated rings. The van der Waals surface area contributed by atoms with Gasteiger partial charge >= 0.3 is 6.18 Å². The predicted molar refractivity (Wildman–Crippen MR) is 91.3 cm³/mol. The molecule has 138 valence electrons. The van der Waals surface area contributed by atoms with E-state index in [1.54, 1.807) is 19.1 Å². The SMILES string of the molecule is CN/C(Cl)=C(\C(=N)C(F)(F)F)C(=O)Nc1cccc(OC(C)C)c1C. The summed E-state index contributed by atoms with van der Waals surface area (Å²) in [5.74, 6) is -0.657. The molecule has 1 amide bonds. The Kier molecular flexibility index (Phi) is 6.87. The van der Waals surface area contributed by atoms with Crippen molar-refractivity contribution in [1.82, 2.24) is 5.32 Å². The molecule has 0 saturated carbocycles. The maximum absolute atomic E-state index is 12.8. The molecule has 0 aliphatic carbocycles. The zero-order valence-corrected chi connectivity index (χ0v) is 14.9. The number of hydrogen-bond donors (Lipinski definition) is 3. The van der Waals surface area contributed by atoms with Crippen molar-refractivity contribution in [1.29, 1.82) is 5.41 Å². The van der Waals surface area contributed by atoms with Crippen LogP contribution in [0.5, 0.6) is 5.75 Å². The number of hydrogen-bond acceptors (Lipinski definition) is 4. The van der Waals surface area contributed by atoms with Crippen LogP contribution in [-0.2, 0) is 4.79 Å². The second-order valence-electron chi connectivity index (χ2n) is 5.36. The number of anilines is 1. The third kappa shape index (κ3) is 5.38. The zero-order valence-electron chi connectivity index (χ0n) is 14.1. The smallest absolute Gasteiger partial charge is 0.433 e. The fourth-order valence-corrected chi connectivity index (χ4v) is 2.09. The van der Waals surface area contributed by atoms with Crippen molar-refractivity contribution in [2.75, 3.05) is 12.4 Å². The predicted octanol–water partition coefficient (Wildman–Crippen LogP) is 3.97. The summed E-state index contributed by atoms with van der Waals surface area (Å²) in [6, 6.07) is 4.79. The van der Waals surface area contributed by atoms with Crippen molar-refractivity contribution in [3.05, 3.63) is 34.5 Å². The van der Waals surface area contributed by atoms with Gasteiger partial charge < -0.3 is 15.4 Å². The van der Waals surface area contributed by atoms with E-state index in [4.69, 9.17) is 21.7 Å². The number of amides is 1. The molecule has 0 radical (unpaired) electrons. The summed E-state index contributed by atoms with van der Waals surface area (Å²) in [5.41, 5.74) is -2.03. The van der Waals surface area contributed by atoms with Gasteiger partial charge in [-0.25, -0.2) is 0 Å². The van der Waals surface area contributed by atoms with E-state index < -0.39 is 28.5 Å². The van der Waals surface area contributed by atoms with E-state index in [9.17, 15) is 18.0 Å². The van der Waals surface area contributed by atoms with Crippen molar-refractivity contribution in [3.63, 3.8) is 0 Å². The zero-order chi connectivity index (χ0) is 19.4. The molecule has 0 saturated heterocycles. The molecule has 0 atom stereocenters. The monoisotopic (exact) mass is 377 g/mol. The number of nitrogens with one attached hydrogen (secondary N) is 3. The van der Waals surface area contributed by atoms with E-state index in [0.29, 0.717) is 11.3 Å². The molecule has 0 unspecified atom stereocenters.